The average Bonchev–Trinajstić information content (AvgIpc) is 3.50. The molecule has 0 spiro atoms. The highest BCUT2D eigenvalue weighted by Gasteiger charge is 2.44. The van der Waals surface area contributed by atoms with E-state index in [1.54, 1.807) is 23.1 Å². The van der Waals surface area contributed by atoms with Gasteiger partial charge >= 0.3 is 0 Å². The second-order valence-corrected chi connectivity index (χ2v) is 11.2. The van der Waals surface area contributed by atoms with Gasteiger partial charge < -0.3 is 25.4 Å². The van der Waals surface area contributed by atoms with Crippen molar-refractivity contribution >= 4 is 61.9 Å². The molecule has 13 heteroatoms. The van der Waals surface area contributed by atoms with Crippen LogP contribution in [0.5, 0.6) is 0 Å². The van der Waals surface area contributed by atoms with Crippen molar-refractivity contribution in [3.05, 3.63) is 35.9 Å². The summed E-state index contributed by atoms with van der Waals surface area (Å²) < 4.78 is 9.35. The first-order valence-electron chi connectivity index (χ1n) is 10.8. The van der Waals surface area contributed by atoms with E-state index in [-0.39, 0.29) is 11.3 Å². The fraction of sp³-hybridized carbons (Fsp3) is 0.429. The summed E-state index contributed by atoms with van der Waals surface area (Å²) in [5, 5.41) is 33.7. The van der Waals surface area contributed by atoms with Crippen LogP contribution < -0.4 is 5.32 Å². The lowest BCUT2D eigenvalue weighted by molar-refractivity contribution is -0.0511. The zero-order valence-electron chi connectivity index (χ0n) is 17.7. The number of hydrogen-bond acceptors (Lipinski definition) is 11. The quantitative estimate of drug-likeness (QED) is 0.280. The topological polar surface area (TPSA) is 138 Å². The van der Waals surface area contributed by atoms with Crippen LogP contribution in [0.15, 0.2) is 34.9 Å². The van der Waals surface area contributed by atoms with Gasteiger partial charge in [-0.1, -0.05) is 23.9 Å². The van der Waals surface area contributed by atoms with Gasteiger partial charge in [-0.25, -0.2) is 9.97 Å². The normalized spacial score (nSPS) is 29.1. The molecule has 4 heterocycles. The number of fused-ring (bicyclic) bond motifs is 2. The largest absolute Gasteiger partial charge is 0.394 e. The van der Waals surface area contributed by atoms with Gasteiger partial charge in [0, 0.05) is 11.3 Å². The molecule has 2 fully saturated rings. The van der Waals surface area contributed by atoms with Crippen molar-refractivity contribution in [1.29, 1.82) is 0 Å². The van der Waals surface area contributed by atoms with Crippen LogP contribution in [0.25, 0.3) is 21.4 Å². The Bertz CT molecular complexity index is 1320. The molecule has 6 rings (SSSR count). The molecule has 0 amide bonds. The van der Waals surface area contributed by atoms with Crippen LogP contribution in [-0.2, 0) is 4.74 Å². The number of ether oxygens (including phenoxy) is 1. The third-order valence-electron chi connectivity index (χ3n) is 6.24. The summed E-state index contributed by atoms with van der Waals surface area (Å²) in [7, 11) is 0. The molecular weight excluding hydrogens is 500 g/mol. The monoisotopic (exact) mass is 520 g/mol. The van der Waals surface area contributed by atoms with Crippen LogP contribution in [0, 0.1) is 0 Å². The van der Waals surface area contributed by atoms with Crippen molar-refractivity contribution < 1.29 is 20.1 Å². The van der Waals surface area contributed by atoms with Gasteiger partial charge in [0.2, 0.25) is 5.28 Å². The van der Waals surface area contributed by atoms with E-state index in [1.807, 2.05) is 18.2 Å². The fourth-order valence-corrected chi connectivity index (χ4v) is 7.00. The highest BCUT2D eigenvalue weighted by atomic mass is 35.5. The molecule has 0 bridgehead atoms. The number of thioether (sulfide) groups is 1. The Morgan fingerprint density at radius 1 is 1.18 bits per heavy atom. The van der Waals surface area contributed by atoms with E-state index in [0.717, 1.165) is 22.7 Å². The molecule has 0 unspecified atom stereocenters. The smallest absolute Gasteiger partial charge is 0.226 e. The molecule has 4 N–H and O–H groups in total. The van der Waals surface area contributed by atoms with Crippen molar-refractivity contribution in [2.45, 2.75) is 53.0 Å². The summed E-state index contributed by atoms with van der Waals surface area (Å²) in [6.45, 7) is -0.417. The van der Waals surface area contributed by atoms with Gasteiger partial charge in [-0.3, -0.25) is 4.57 Å². The first-order chi connectivity index (χ1) is 16.5. The number of aromatic nitrogens is 5. The van der Waals surface area contributed by atoms with Crippen LogP contribution in [-0.4, -0.2) is 76.0 Å². The van der Waals surface area contributed by atoms with E-state index >= 15 is 0 Å². The molecule has 6 atom stereocenters. The molecule has 34 heavy (non-hydrogen) atoms. The van der Waals surface area contributed by atoms with E-state index in [1.165, 1.54) is 15.6 Å². The molecule has 10 nitrogen and oxygen atoms in total. The van der Waals surface area contributed by atoms with Crippen molar-refractivity contribution in [2.75, 3.05) is 11.9 Å². The van der Waals surface area contributed by atoms with E-state index < -0.39 is 31.1 Å². The molecule has 1 aliphatic carbocycles. The van der Waals surface area contributed by atoms with Gasteiger partial charge in [-0.15, -0.1) is 11.3 Å². The summed E-state index contributed by atoms with van der Waals surface area (Å²) in [5.41, 5.74) is 1.86. The maximum atomic E-state index is 10.4. The first kappa shape index (κ1) is 22.4. The Labute approximate surface area is 207 Å². The Morgan fingerprint density at radius 3 is 2.76 bits per heavy atom. The van der Waals surface area contributed by atoms with Crippen LogP contribution in [0.4, 0.5) is 5.82 Å². The molecule has 4 aromatic rings. The molecule has 1 saturated carbocycles. The highest BCUT2D eigenvalue weighted by molar-refractivity contribution is 8.01. The maximum Gasteiger partial charge on any atom is 0.226 e. The predicted octanol–water partition coefficient (Wildman–Crippen LogP) is 2.44. The summed E-state index contributed by atoms with van der Waals surface area (Å²) in [5.74, 6) is 0.500. The Balaban J connectivity index is 1.24. The number of benzene rings is 1. The molecule has 178 valence electrons. The number of halogens is 1. The number of anilines is 1. The predicted molar refractivity (Wildman–Crippen MR) is 129 cm³/mol. The number of aliphatic hydroxyl groups is 3. The van der Waals surface area contributed by atoms with Crippen molar-refractivity contribution in [1.82, 2.24) is 24.5 Å². The lowest BCUT2D eigenvalue weighted by atomic mass is 9.92. The fourth-order valence-electron chi connectivity index (χ4n) is 4.27. The summed E-state index contributed by atoms with van der Waals surface area (Å²) >= 11 is 9.68. The highest BCUT2D eigenvalue weighted by Crippen LogP contribution is 2.41. The third kappa shape index (κ3) is 3.83. The Kier molecular flexibility index (Phi) is 5.84. The van der Waals surface area contributed by atoms with Crippen molar-refractivity contribution in [3.63, 3.8) is 0 Å². The lowest BCUT2D eigenvalue weighted by Gasteiger charge is -2.36. The van der Waals surface area contributed by atoms with Crippen molar-refractivity contribution in [3.8, 4) is 0 Å². The summed E-state index contributed by atoms with van der Waals surface area (Å²) in [6, 6.07) is 8.27. The first-order valence-corrected chi connectivity index (χ1v) is 12.9. The Hall–Kier alpha value is -2.06. The van der Waals surface area contributed by atoms with Crippen molar-refractivity contribution in [2.24, 2.45) is 0 Å². The number of rotatable bonds is 6. The average molecular weight is 521 g/mol. The van der Waals surface area contributed by atoms with E-state index in [0.29, 0.717) is 22.2 Å². The Morgan fingerprint density at radius 2 is 2.03 bits per heavy atom. The van der Waals surface area contributed by atoms with Crippen LogP contribution in [0.2, 0.25) is 5.28 Å². The number of thiazole rings is 1. The van der Waals surface area contributed by atoms with Gasteiger partial charge in [-0.2, -0.15) is 9.97 Å². The number of nitrogens with zero attached hydrogens (tertiary/aromatic N) is 5. The molecule has 3 aromatic heterocycles. The summed E-state index contributed by atoms with van der Waals surface area (Å²) in [6.07, 6.45) is -0.837. The number of nitrogens with one attached hydrogen (secondary N) is 1. The molecule has 1 aromatic carbocycles. The van der Waals surface area contributed by atoms with Crippen LogP contribution >= 0.6 is 34.7 Å². The van der Waals surface area contributed by atoms with E-state index in [9.17, 15) is 15.3 Å². The lowest BCUT2D eigenvalue weighted by Crippen LogP contribution is -2.41. The molecule has 0 radical (unpaired) electrons. The zero-order chi connectivity index (χ0) is 23.4. The number of para-hydroxylation sites is 1. The van der Waals surface area contributed by atoms with Gasteiger partial charge in [-0.05, 0) is 36.6 Å². The van der Waals surface area contributed by atoms with E-state index in [4.69, 9.17) is 21.3 Å². The number of imidazole rings is 1. The summed E-state index contributed by atoms with van der Waals surface area (Å²) in [4.78, 5) is 17.8. The minimum Gasteiger partial charge on any atom is -0.394 e. The molecule has 1 saturated heterocycles. The maximum absolute atomic E-state index is 10.4. The zero-order valence-corrected chi connectivity index (χ0v) is 20.0. The minimum absolute atomic E-state index is 0.0261. The number of aliphatic hydroxyl groups excluding tert-OH is 3. The van der Waals surface area contributed by atoms with E-state index in [2.05, 4.69) is 26.3 Å². The second kappa shape index (κ2) is 8.86. The molecule has 2 aliphatic rings. The number of hydrogen-bond donors (Lipinski definition) is 4. The van der Waals surface area contributed by atoms with Gasteiger partial charge in [0.1, 0.15) is 18.3 Å². The molecular formula is C21H21ClN6O4S2. The van der Waals surface area contributed by atoms with Gasteiger partial charge in [0.05, 0.1) is 23.2 Å². The SMILES string of the molecule is OC[C@H]1O[C@@H](n2cnc3c(N[C@@H]4CC[C@@H]4Sc4nc5ccccc5s4)nc(Cl)nc32)[C@H](O)[C@@H]1O. The van der Waals surface area contributed by atoms with Gasteiger partial charge in [0.25, 0.3) is 0 Å². The van der Waals surface area contributed by atoms with Gasteiger partial charge in [0.15, 0.2) is 27.5 Å². The van der Waals surface area contributed by atoms with Crippen LogP contribution in [0.3, 0.4) is 0 Å². The standard InChI is InChI=1S/C21H21ClN6O4S2/c22-20-26-17(14-18(27-20)28(8-23-14)19-16(31)15(30)11(7-29)32-19)24-10-5-6-13(10)34-21-25-9-3-1-2-4-12(9)33-21/h1-4,8,10-11,13,15-16,19,29-31H,5-7H2,(H,24,26,27)/t10-,11-,13+,15-,16-,19-/m1/s1. The second-order valence-electron chi connectivity index (χ2n) is 8.33. The van der Waals surface area contributed by atoms with Crippen LogP contribution in [0.1, 0.15) is 19.1 Å². The molecule has 1 aliphatic heterocycles. The minimum atomic E-state index is -1.25. The third-order valence-corrected chi connectivity index (χ3v) is 8.94.